The largest absolute Gasteiger partial charge is 0.496 e. The van der Waals surface area contributed by atoms with Crippen molar-refractivity contribution in [3.63, 3.8) is 0 Å². The quantitative estimate of drug-likeness (QED) is 0.459. The monoisotopic (exact) mass is 453 g/mol. The molecule has 0 aromatic heterocycles. The number of rotatable bonds is 5. The first kappa shape index (κ1) is 21.6. The molecule has 0 bridgehead atoms. The summed E-state index contributed by atoms with van der Waals surface area (Å²) < 4.78 is 23.3. The second-order valence-electron chi connectivity index (χ2n) is 8.82. The van der Waals surface area contributed by atoms with Crippen LogP contribution in [0.1, 0.15) is 37.3 Å². The van der Waals surface area contributed by atoms with Crippen molar-refractivity contribution in [2.24, 2.45) is 0 Å². The third-order valence-electron chi connectivity index (χ3n) is 6.47. The van der Waals surface area contributed by atoms with Crippen molar-refractivity contribution in [2.75, 3.05) is 26.9 Å². The van der Waals surface area contributed by atoms with Crippen molar-refractivity contribution >= 4 is 11.5 Å². The van der Waals surface area contributed by atoms with Gasteiger partial charge in [-0.25, -0.2) is 4.79 Å². The second kappa shape index (κ2) is 8.28. The number of allylic oxidation sites excluding steroid dienone is 2. The van der Waals surface area contributed by atoms with E-state index in [1.807, 2.05) is 12.3 Å². The smallest absolute Gasteiger partial charge is 0.374 e. The predicted molar refractivity (Wildman–Crippen MR) is 121 cm³/mol. The minimum absolute atomic E-state index is 0.116. The van der Waals surface area contributed by atoms with Gasteiger partial charge in [0.25, 0.3) is 0 Å². The van der Waals surface area contributed by atoms with Crippen LogP contribution >= 0.6 is 0 Å². The molecule has 0 spiro atoms. The van der Waals surface area contributed by atoms with Crippen molar-refractivity contribution in [3.8, 4) is 17.2 Å². The number of nitrogens with one attached hydrogen (secondary N) is 2. The molecule has 0 radical (unpaired) electrons. The highest BCUT2D eigenvalue weighted by atomic mass is 16.6. The van der Waals surface area contributed by atoms with Crippen LogP contribution in [0.5, 0.6) is 17.2 Å². The number of methoxy groups -OCH3 is 1. The molecule has 1 aliphatic carbocycles. The molecule has 0 fully saturated rings. The Balaban J connectivity index is 1.62. The number of hydrogen-bond acceptors (Lipinski definition) is 7. The Morgan fingerprint density at radius 2 is 2.27 bits per heavy atom. The SMILES string of the molecule is CCOC(=O)C1=CC(=CC[NH+]2C=CNC2)c2c(cc3c(c2OC)C2C=CCC(C)(O)C2O3)O1. The summed E-state index contributed by atoms with van der Waals surface area (Å²) in [6, 6.07) is 1.79. The van der Waals surface area contributed by atoms with Crippen LogP contribution in [0, 0.1) is 0 Å². The van der Waals surface area contributed by atoms with Crippen LogP contribution in [0.4, 0.5) is 0 Å². The number of fused-ring (bicyclic) bond motifs is 4. The van der Waals surface area contributed by atoms with Gasteiger partial charge < -0.3 is 29.4 Å². The molecule has 3 heterocycles. The zero-order valence-corrected chi connectivity index (χ0v) is 19.0. The Morgan fingerprint density at radius 3 is 3.00 bits per heavy atom. The highest BCUT2D eigenvalue weighted by Crippen LogP contribution is 2.55. The molecule has 1 aromatic rings. The molecule has 8 heteroatoms. The standard InChI is InChI=1S/C25H28N2O6/c1-4-31-24(28)19-12-15(7-10-27-11-9-26-14-27)20-17(32-19)13-18-21(22(20)30-3)16-6-5-8-25(2,29)23(16)33-18/h5-7,9,11-13,16,23,26,29H,4,8,10,14H2,1-3H3/p+1. The van der Waals surface area contributed by atoms with Crippen LogP contribution in [-0.4, -0.2) is 49.7 Å². The van der Waals surface area contributed by atoms with Crippen molar-refractivity contribution < 1.29 is 33.7 Å². The molecular weight excluding hydrogens is 424 g/mol. The van der Waals surface area contributed by atoms with Gasteiger partial charge in [0.2, 0.25) is 5.76 Å². The molecular formula is C25H29N2O6+. The number of carbonyl (C=O) groups is 1. The van der Waals surface area contributed by atoms with Crippen molar-refractivity contribution in [2.45, 2.75) is 37.9 Å². The number of quaternary nitrogens is 1. The maximum atomic E-state index is 12.5. The van der Waals surface area contributed by atoms with Gasteiger partial charge in [-0.3, -0.25) is 4.90 Å². The summed E-state index contributed by atoms with van der Waals surface area (Å²) in [5.74, 6) is 1.14. The lowest BCUT2D eigenvalue weighted by Gasteiger charge is -2.34. The van der Waals surface area contributed by atoms with Gasteiger partial charge in [0, 0.05) is 17.5 Å². The van der Waals surface area contributed by atoms with E-state index in [9.17, 15) is 9.90 Å². The van der Waals surface area contributed by atoms with Gasteiger partial charge in [-0.1, -0.05) is 12.2 Å². The third-order valence-corrected chi connectivity index (χ3v) is 6.47. The molecule has 8 nitrogen and oxygen atoms in total. The number of hydrogen-bond donors (Lipinski definition) is 3. The van der Waals surface area contributed by atoms with Gasteiger partial charge in [-0.15, -0.1) is 0 Å². The summed E-state index contributed by atoms with van der Waals surface area (Å²) in [5.41, 5.74) is 1.47. The zero-order chi connectivity index (χ0) is 23.2. The molecule has 3 N–H and O–H groups in total. The average Bonchev–Trinajstić information content (AvgIpc) is 3.44. The van der Waals surface area contributed by atoms with Gasteiger partial charge in [-0.05, 0) is 38.0 Å². The number of esters is 1. The number of aliphatic hydroxyl groups is 1. The molecule has 174 valence electrons. The Morgan fingerprint density at radius 1 is 1.42 bits per heavy atom. The summed E-state index contributed by atoms with van der Waals surface area (Å²) in [7, 11) is 1.62. The molecule has 4 atom stereocenters. The molecule has 3 aliphatic heterocycles. The summed E-state index contributed by atoms with van der Waals surface area (Å²) in [6.45, 7) is 5.30. The fourth-order valence-electron chi connectivity index (χ4n) is 4.88. The van der Waals surface area contributed by atoms with Crippen LogP contribution in [0.25, 0.3) is 5.57 Å². The normalized spacial score (nSPS) is 29.9. The second-order valence-corrected chi connectivity index (χ2v) is 8.82. The molecule has 4 aliphatic rings. The Hall–Kier alpha value is -3.23. The van der Waals surface area contributed by atoms with Crippen LogP contribution in [0.15, 0.2) is 48.5 Å². The first-order valence-corrected chi connectivity index (χ1v) is 11.3. The molecule has 0 saturated heterocycles. The van der Waals surface area contributed by atoms with E-state index in [0.29, 0.717) is 30.2 Å². The lowest BCUT2D eigenvalue weighted by molar-refractivity contribution is -0.836. The van der Waals surface area contributed by atoms with E-state index in [-0.39, 0.29) is 18.3 Å². The van der Waals surface area contributed by atoms with Gasteiger partial charge in [-0.2, -0.15) is 0 Å². The van der Waals surface area contributed by atoms with Crippen molar-refractivity contribution in [3.05, 3.63) is 59.7 Å². The van der Waals surface area contributed by atoms with Gasteiger partial charge in [0.05, 0.1) is 25.5 Å². The van der Waals surface area contributed by atoms with E-state index in [0.717, 1.165) is 23.4 Å². The minimum Gasteiger partial charge on any atom is -0.496 e. The van der Waals surface area contributed by atoms with Gasteiger partial charge >= 0.3 is 5.97 Å². The highest BCUT2D eigenvalue weighted by molar-refractivity contribution is 5.96. The molecule has 1 aromatic carbocycles. The fourth-order valence-corrected chi connectivity index (χ4v) is 4.88. The number of benzene rings is 1. The number of carbonyl (C=O) groups excluding carboxylic acids is 1. The van der Waals surface area contributed by atoms with E-state index in [1.54, 1.807) is 33.1 Å². The van der Waals surface area contributed by atoms with Crippen LogP contribution in [0.2, 0.25) is 0 Å². The van der Waals surface area contributed by atoms with E-state index in [2.05, 4.69) is 23.7 Å². The van der Waals surface area contributed by atoms with Crippen molar-refractivity contribution in [1.29, 1.82) is 0 Å². The molecule has 0 amide bonds. The van der Waals surface area contributed by atoms with E-state index in [4.69, 9.17) is 18.9 Å². The fraction of sp³-hybridized carbons (Fsp3) is 0.400. The third kappa shape index (κ3) is 3.69. The molecule has 0 saturated carbocycles. The summed E-state index contributed by atoms with van der Waals surface area (Å²) >= 11 is 0. The predicted octanol–water partition coefficient (Wildman–Crippen LogP) is 1.39. The van der Waals surface area contributed by atoms with Crippen LogP contribution in [-0.2, 0) is 9.53 Å². The van der Waals surface area contributed by atoms with Crippen molar-refractivity contribution in [1.82, 2.24) is 5.32 Å². The molecule has 4 unspecified atom stereocenters. The summed E-state index contributed by atoms with van der Waals surface area (Å²) in [4.78, 5) is 13.8. The van der Waals surface area contributed by atoms with Crippen LogP contribution < -0.4 is 24.4 Å². The highest BCUT2D eigenvalue weighted by Gasteiger charge is 2.49. The average molecular weight is 454 g/mol. The van der Waals surface area contributed by atoms with E-state index in [1.165, 1.54) is 4.90 Å². The van der Waals surface area contributed by atoms with E-state index < -0.39 is 17.7 Å². The van der Waals surface area contributed by atoms with E-state index >= 15 is 0 Å². The topological polar surface area (TPSA) is 90.7 Å². The summed E-state index contributed by atoms with van der Waals surface area (Å²) in [5, 5.41) is 14.1. The first-order valence-electron chi connectivity index (χ1n) is 11.3. The lowest BCUT2D eigenvalue weighted by Crippen LogP contribution is -3.07. The van der Waals surface area contributed by atoms with Gasteiger partial charge in [0.15, 0.2) is 6.67 Å². The summed E-state index contributed by atoms with van der Waals surface area (Å²) in [6.07, 6.45) is 11.9. The molecule has 33 heavy (non-hydrogen) atoms. The number of ether oxygens (including phenoxy) is 4. The maximum absolute atomic E-state index is 12.5. The first-order chi connectivity index (χ1) is 15.9. The lowest BCUT2D eigenvalue weighted by atomic mass is 9.78. The van der Waals surface area contributed by atoms with Crippen LogP contribution in [0.3, 0.4) is 0 Å². The maximum Gasteiger partial charge on any atom is 0.374 e. The Kier molecular flexibility index (Phi) is 5.42. The van der Waals surface area contributed by atoms with Gasteiger partial charge in [0.1, 0.15) is 41.7 Å². The Bertz CT molecular complexity index is 1100. The Labute approximate surface area is 192 Å². The molecule has 5 rings (SSSR count). The zero-order valence-electron chi connectivity index (χ0n) is 19.0. The minimum atomic E-state index is -1.00.